The van der Waals surface area contributed by atoms with E-state index in [0.717, 1.165) is 0 Å². The summed E-state index contributed by atoms with van der Waals surface area (Å²) < 4.78 is 10.0. The van der Waals surface area contributed by atoms with Gasteiger partial charge in [0.15, 0.2) is 0 Å². The van der Waals surface area contributed by atoms with Crippen molar-refractivity contribution in [2.24, 2.45) is 0 Å². The van der Waals surface area contributed by atoms with Crippen molar-refractivity contribution in [1.82, 2.24) is 0 Å². The van der Waals surface area contributed by atoms with E-state index in [9.17, 15) is 0 Å². The first-order valence-corrected chi connectivity index (χ1v) is 3.46. The van der Waals surface area contributed by atoms with Crippen molar-refractivity contribution in [3.63, 3.8) is 0 Å². The maximum absolute atomic E-state index is 6.94. The third-order valence-corrected chi connectivity index (χ3v) is 1.54. The third-order valence-electron chi connectivity index (χ3n) is 1.54. The standard InChI is InChI=1S/C10H9O2.Ag/c1-4-8-5-6-9(11-2)7-10(8)12-3;/h5-7H,2-3H3;/q-1;+1. The molecule has 0 N–H and O–H groups in total. The molecule has 1 aromatic rings. The summed E-state index contributed by atoms with van der Waals surface area (Å²) in [6, 6.07) is 5.21. The van der Waals surface area contributed by atoms with Crippen LogP contribution in [0.5, 0.6) is 11.5 Å². The van der Waals surface area contributed by atoms with Gasteiger partial charge in [0.25, 0.3) is 0 Å². The zero-order valence-corrected chi connectivity index (χ0v) is 8.83. The van der Waals surface area contributed by atoms with Gasteiger partial charge in [-0.1, -0.05) is 5.56 Å². The van der Waals surface area contributed by atoms with Gasteiger partial charge in [-0.05, 0) is 6.07 Å². The molecule has 0 aliphatic rings. The van der Waals surface area contributed by atoms with E-state index in [-0.39, 0.29) is 22.4 Å². The molecule has 0 aliphatic heterocycles. The number of ether oxygens (including phenoxy) is 2. The van der Waals surface area contributed by atoms with E-state index in [4.69, 9.17) is 15.9 Å². The van der Waals surface area contributed by atoms with Gasteiger partial charge in [-0.15, -0.1) is 6.07 Å². The summed E-state index contributed by atoms with van der Waals surface area (Å²) in [5, 5.41) is 0. The summed E-state index contributed by atoms with van der Waals surface area (Å²) in [4.78, 5) is 0. The summed E-state index contributed by atoms with van der Waals surface area (Å²) in [6.07, 6.45) is 6.94. The predicted molar refractivity (Wildman–Crippen MR) is 45.8 cm³/mol. The normalized spacial score (nSPS) is 8.08. The molecule has 0 saturated carbocycles. The second-order valence-corrected chi connectivity index (χ2v) is 2.19. The van der Waals surface area contributed by atoms with Crippen molar-refractivity contribution >= 4 is 0 Å². The van der Waals surface area contributed by atoms with Crippen molar-refractivity contribution in [2.75, 3.05) is 14.2 Å². The Balaban J connectivity index is 0.00000144. The first-order chi connectivity index (χ1) is 5.81. The molecule has 13 heavy (non-hydrogen) atoms. The molecule has 2 nitrogen and oxygen atoms in total. The molecule has 0 fully saturated rings. The summed E-state index contributed by atoms with van der Waals surface area (Å²) in [5.74, 6) is 3.58. The van der Waals surface area contributed by atoms with E-state index >= 15 is 0 Å². The van der Waals surface area contributed by atoms with Crippen molar-refractivity contribution in [2.45, 2.75) is 0 Å². The zero-order valence-electron chi connectivity index (χ0n) is 7.35. The molecule has 0 aliphatic carbocycles. The number of hydrogen-bond acceptors (Lipinski definition) is 2. The molecule has 72 valence electrons. The van der Waals surface area contributed by atoms with Crippen LogP contribution in [-0.2, 0) is 22.4 Å². The minimum Gasteiger partial charge on any atom is -0.514 e. The van der Waals surface area contributed by atoms with Gasteiger partial charge in [0, 0.05) is 6.07 Å². The molecule has 1 rings (SSSR count). The van der Waals surface area contributed by atoms with Gasteiger partial charge in [-0.25, -0.2) is 0 Å². The third kappa shape index (κ3) is 2.82. The van der Waals surface area contributed by atoms with Crippen LogP contribution in [0.15, 0.2) is 18.2 Å². The molecule has 0 aromatic heterocycles. The van der Waals surface area contributed by atoms with Crippen molar-refractivity contribution in [1.29, 1.82) is 0 Å². The second kappa shape index (κ2) is 5.71. The SMILES string of the molecule is [Ag+].[C-]#Cc1ccc(OC)cc1OC. The van der Waals surface area contributed by atoms with E-state index in [1.165, 1.54) is 0 Å². The van der Waals surface area contributed by atoms with Crippen LogP contribution in [0.1, 0.15) is 5.56 Å². The number of methoxy groups -OCH3 is 2. The Kier molecular flexibility index (Phi) is 5.33. The molecule has 0 radical (unpaired) electrons. The van der Waals surface area contributed by atoms with Gasteiger partial charge < -0.3 is 15.9 Å². The monoisotopic (exact) mass is 268 g/mol. The van der Waals surface area contributed by atoms with Crippen LogP contribution >= 0.6 is 0 Å². The van der Waals surface area contributed by atoms with Crippen LogP contribution in [0.3, 0.4) is 0 Å². The fourth-order valence-corrected chi connectivity index (χ4v) is 0.902. The summed E-state index contributed by atoms with van der Waals surface area (Å²) >= 11 is 0. The molecule has 0 amide bonds. The maximum Gasteiger partial charge on any atom is 1.00 e. The van der Waals surface area contributed by atoms with Gasteiger partial charge in [0.05, 0.1) is 20.0 Å². The Morgan fingerprint density at radius 1 is 1.23 bits per heavy atom. The van der Waals surface area contributed by atoms with E-state index in [0.29, 0.717) is 17.1 Å². The molecular formula is C10H9AgO2. The van der Waals surface area contributed by atoms with Crippen molar-refractivity contribution in [3.05, 3.63) is 30.2 Å². The number of benzene rings is 1. The van der Waals surface area contributed by atoms with Gasteiger partial charge >= 0.3 is 22.4 Å². The van der Waals surface area contributed by atoms with Crippen molar-refractivity contribution < 1.29 is 31.9 Å². The Morgan fingerprint density at radius 3 is 2.38 bits per heavy atom. The minimum atomic E-state index is 0. The zero-order chi connectivity index (χ0) is 8.97. The first kappa shape index (κ1) is 12.1. The molecule has 0 saturated heterocycles. The van der Waals surface area contributed by atoms with Gasteiger partial charge in [-0.2, -0.15) is 0 Å². The van der Waals surface area contributed by atoms with Crippen LogP contribution in [0.4, 0.5) is 0 Å². The fraction of sp³-hybridized carbons (Fsp3) is 0.200. The van der Waals surface area contributed by atoms with E-state index in [1.807, 2.05) is 0 Å². The molecule has 0 bridgehead atoms. The number of rotatable bonds is 2. The maximum atomic E-state index is 6.94. The molecule has 3 heteroatoms. The summed E-state index contributed by atoms with van der Waals surface area (Å²) in [7, 11) is 3.14. The summed E-state index contributed by atoms with van der Waals surface area (Å²) in [5.41, 5.74) is 0.623. The Morgan fingerprint density at radius 2 is 1.92 bits per heavy atom. The van der Waals surface area contributed by atoms with Crippen LogP contribution in [0.25, 0.3) is 0 Å². The molecule has 0 heterocycles. The second-order valence-electron chi connectivity index (χ2n) is 2.19. The average Bonchev–Trinajstić information content (AvgIpc) is 2.16. The van der Waals surface area contributed by atoms with Gasteiger partial charge in [0.2, 0.25) is 0 Å². The molecular weight excluding hydrogens is 260 g/mol. The Labute approximate surface area is 93.8 Å². The van der Waals surface area contributed by atoms with Gasteiger partial charge in [0.1, 0.15) is 5.75 Å². The van der Waals surface area contributed by atoms with Crippen LogP contribution in [0.2, 0.25) is 0 Å². The number of hydrogen-bond donors (Lipinski definition) is 0. The summed E-state index contributed by atoms with van der Waals surface area (Å²) in [6.45, 7) is 0. The quantitative estimate of drug-likeness (QED) is 0.461. The van der Waals surface area contributed by atoms with Crippen LogP contribution in [-0.4, -0.2) is 14.2 Å². The molecule has 0 unspecified atom stereocenters. The minimum absolute atomic E-state index is 0. The molecule has 1 aromatic carbocycles. The largest absolute Gasteiger partial charge is 1.00 e. The fourth-order valence-electron chi connectivity index (χ4n) is 0.902. The van der Waals surface area contributed by atoms with E-state index in [1.54, 1.807) is 32.4 Å². The smallest absolute Gasteiger partial charge is 0.514 e. The predicted octanol–water partition coefficient (Wildman–Crippen LogP) is 1.64. The van der Waals surface area contributed by atoms with E-state index in [2.05, 4.69) is 5.92 Å². The Hall–Kier alpha value is -0.880. The average molecular weight is 269 g/mol. The topological polar surface area (TPSA) is 18.5 Å². The Bertz CT molecular complexity index is 315. The van der Waals surface area contributed by atoms with Crippen LogP contribution < -0.4 is 9.47 Å². The van der Waals surface area contributed by atoms with E-state index < -0.39 is 0 Å². The molecule has 0 spiro atoms. The molecule has 0 atom stereocenters. The van der Waals surface area contributed by atoms with Crippen LogP contribution in [0, 0.1) is 12.3 Å². The van der Waals surface area contributed by atoms with Gasteiger partial charge in [-0.3, -0.25) is 5.92 Å². The van der Waals surface area contributed by atoms with Crippen molar-refractivity contribution in [3.8, 4) is 17.4 Å². The first-order valence-electron chi connectivity index (χ1n) is 3.46.